The fourth-order valence-corrected chi connectivity index (χ4v) is 1.47. The molecule has 0 aliphatic heterocycles. The van der Waals surface area contributed by atoms with Gasteiger partial charge in [-0.1, -0.05) is 11.6 Å². The molecule has 10 heavy (non-hydrogen) atoms. The lowest BCUT2D eigenvalue weighted by atomic mass is 10.2. The number of hydrogen-bond donors (Lipinski definition) is 0. The Bertz CT molecular complexity index is 229. The van der Waals surface area contributed by atoms with Crippen LogP contribution in [0.1, 0.15) is 11.1 Å². The Labute approximate surface area is 79.7 Å². The first kappa shape index (κ1) is 8.34. The van der Waals surface area contributed by atoms with Crippen LogP contribution in [0, 0.1) is 23.5 Å². The molecule has 0 heterocycles. The van der Waals surface area contributed by atoms with Crippen molar-refractivity contribution < 1.29 is 0 Å². The molecule has 0 nitrogen and oxygen atoms in total. The molecule has 0 unspecified atom stereocenters. The van der Waals surface area contributed by atoms with Gasteiger partial charge in [0.05, 0.1) is 0 Å². The first-order valence-corrected chi connectivity index (χ1v) is 4.41. The lowest BCUT2D eigenvalue weighted by molar-refractivity contribution is 1.35. The van der Waals surface area contributed by atoms with E-state index in [1.807, 2.05) is 19.9 Å². The van der Waals surface area contributed by atoms with E-state index in [0.717, 1.165) is 19.7 Å². The minimum absolute atomic E-state index is 0.864. The lowest BCUT2D eigenvalue weighted by Crippen LogP contribution is -1.84. The smallest absolute Gasteiger partial charge is 0.0475 e. The molecule has 0 aliphatic rings. The summed E-state index contributed by atoms with van der Waals surface area (Å²) >= 11 is 8.18. The Morgan fingerprint density at radius 1 is 1.50 bits per heavy atom. The second-order valence-corrected chi connectivity index (χ2v) is 3.68. The van der Waals surface area contributed by atoms with Crippen LogP contribution >= 0.6 is 34.2 Å². The molecular formula is C8H7ClI. The minimum atomic E-state index is 0.864. The molecule has 1 radical (unpaired) electrons. The molecule has 1 aromatic carbocycles. The van der Waals surface area contributed by atoms with E-state index in [2.05, 4.69) is 28.7 Å². The van der Waals surface area contributed by atoms with Crippen LogP contribution in [0.2, 0.25) is 5.02 Å². The molecule has 0 saturated heterocycles. The van der Waals surface area contributed by atoms with Crippen LogP contribution < -0.4 is 0 Å². The largest absolute Gasteiger partial charge is 0.0837 e. The number of aryl methyl sites for hydroxylation is 1. The van der Waals surface area contributed by atoms with Crippen molar-refractivity contribution >= 4 is 34.2 Å². The molecular weight excluding hydrogens is 258 g/mol. The lowest BCUT2D eigenvalue weighted by Gasteiger charge is -2.02. The highest BCUT2D eigenvalue weighted by molar-refractivity contribution is 14.1. The van der Waals surface area contributed by atoms with Crippen molar-refractivity contribution in [3.8, 4) is 0 Å². The van der Waals surface area contributed by atoms with Crippen molar-refractivity contribution in [3.05, 3.63) is 31.9 Å². The van der Waals surface area contributed by atoms with E-state index in [1.165, 1.54) is 0 Å². The fraction of sp³-hybridized carbons (Fsp3) is 0.250. The number of rotatable bonds is 0. The molecule has 0 spiro atoms. The summed E-state index contributed by atoms with van der Waals surface area (Å²) in [5, 5.41) is 0.864. The van der Waals surface area contributed by atoms with Crippen LogP contribution in [-0.2, 0) is 0 Å². The molecule has 0 fully saturated rings. The summed E-state index contributed by atoms with van der Waals surface area (Å²) in [6.45, 7) is 4.00. The van der Waals surface area contributed by atoms with Crippen LogP contribution in [-0.4, -0.2) is 0 Å². The van der Waals surface area contributed by atoms with Gasteiger partial charge in [0.1, 0.15) is 0 Å². The zero-order valence-electron chi connectivity index (χ0n) is 5.83. The Morgan fingerprint density at radius 2 is 2.10 bits per heavy atom. The highest BCUT2D eigenvalue weighted by Gasteiger charge is 2.01. The van der Waals surface area contributed by atoms with Gasteiger partial charge in [-0.25, -0.2) is 0 Å². The molecule has 0 atom stereocenters. The highest BCUT2D eigenvalue weighted by atomic mass is 127. The van der Waals surface area contributed by atoms with E-state index in [4.69, 9.17) is 11.6 Å². The maximum Gasteiger partial charge on any atom is 0.0475 e. The van der Waals surface area contributed by atoms with Crippen molar-refractivity contribution in [1.29, 1.82) is 0 Å². The van der Waals surface area contributed by atoms with Gasteiger partial charge in [0.2, 0.25) is 0 Å². The van der Waals surface area contributed by atoms with Crippen LogP contribution in [0.4, 0.5) is 0 Å². The molecule has 0 bridgehead atoms. The van der Waals surface area contributed by atoms with Crippen LogP contribution in [0.25, 0.3) is 0 Å². The van der Waals surface area contributed by atoms with Gasteiger partial charge in [-0.15, -0.1) is 0 Å². The van der Waals surface area contributed by atoms with Crippen LogP contribution in [0.3, 0.4) is 0 Å². The third kappa shape index (κ3) is 1.45. The summed E-state index contributed by atoms with van der Waals surface area (Å²) < 4.78 is 1.10. The maximum absolute atomic E-state index is 5.96. The predicted molar refractivity (Wildman–Crippen MR) is 52.5 cm³/mol. The van der Waals surface area contributed by atoms with Gasteiger partial charge >= 0.3 is 0 Å². The summed E-state index contributed by atoms with van der Waals surface area (Å²) in [6.07, 6.45) is 0. The minimum Gasteiger partial charge on any atom is -0.0837 e. The SMILES string of the molecule is Cc1c[c]c(I)c(C)c1Cl. The summed E-state index contributed by atoms with van der Waals surface area (Å²) in [6, 6.07) is 5.02. The van der Waals surface area contributed by atoms with Gasteiger partial charge < -0.3 is 0 Å². The predicted octanol–water partition coefficient (Wildman–Crippen LogP) is 3.36. The molecule has 1 rings (SSSR count). The average Bonchev–Trinajstić information content (AvgIpc) is 1.93. The monoisotopic (exact) mass is 265 g/mol. The van der Waals surface area contributed by atoms with E-state index < -0.39 is 0 Å². The summed E-state index contributed by atoms with van der Waals surface area (Å²) in [5.74, 6) is 0. The van der Waals surface area contributed by atoms with Crippen molar-refractivity contribution in [2.45, 2.75) is 13.8 Å². The maximum atomic E-state index is 5.96. The van der Waals surface area contributed by atoms with E-state index in [0.29, 0.717) is 0 Å². The van der Waals surface area contributed by atoms with Crippen LogP contribution in [0.5, 0.6) is 0 Å². The van der Waals surface area contributed by atoms with Gasteiger partial charge in [0.25, 0.3) is 0 Å². The molecule has 0 amide bonds. The summed E-state index contributed by atoms with van der Waals surface area (Å²) in [7, 11) is 0. The Balaban J connectivity index is 3.34. The molecule has 0 N–H and O–H groups in total. The molecule has 53 valence electrons. The van der Waals surface area contributed by atoms with Gasteiger partial charge in [0.15, 0.2) is 0 Å². The van der Waals surface area contributed by atoms with Crippen molar-refractivity contribution in [2.24, 2.45) is 0 Å². The summed E-state index contributed by atoms with van der Waals surface area (Å²) in [5.41, 5.74) is 2.22. The van der Waals surface area contributed by atoms with Crippen molar-refractivity contribution in [3.63, 3.8) is 0 Å². The Hall–Kier alpha value is 0.240. The Kier molecular flexibility index (Phi) is 2.58. The number of hydrogen-bond acceptors (Lipinski definition) is 0. The zero-order valence-corrected chi connectivity index (χ0v) is 8.75. The van der Waals surface area contributed by atoms with Gasteiger partial charge in [0, 0.05) is 8.59 Å². The van der Waals surface area contributed by atoms with Gasteiger partial charge in [-0.2, -0.15) is 0 Å². The van der Waals surface area contributed by atoms with Gasteiger partial charge in [-0.05, 0) is 59.7 Å². The van der Waals surface area contributed by atoms with Crippen molar-refractivity contribution in [2.75, 3.05) is 0 Å². The molecule has 0 aromatic heterocycles. The Morgan fingerprint density at radius 3 is 2.60 bits per heavy atom. The van der Waals surface area contributed by atoms with E-state index in [1.54, 1.807) is 0 Å². The highest BCUT2D eigenvalue weighted by Crippen LogP contribution is 2.23. The topological polar surface area (TPSA) is 0 Å². The van der Waals surface area contributed by atoms with Crippen molar-refractivity contribution in [1.82, 2.24) is 0 Å². The first-order valence-electron chi connectivity index (χ1n) is 2.96. The second-order valence-electron chi connectivity index (χ2n) is 2.22. The van der Waals surface area contributed by atoms with E-state index >= 15 is 0 Å². The normalized spacial score (nSPS) is 10.0. The fourth-order valence-electron chi connectivity index (χ4n) is 0.735. The standard InChI is InChI=1S/C8H7ClI/c1-5-3-4-7(10)6(2)8(5)9/h3H,1-2H3. The molecule has 2 heteroatoms. The van der Waals surface area contributed by atoms with Gasteiger partial charge in [-0.3, -0.25) is 0 Å². The summed E-state index contributed by atoms with van der Waals surface area (Å²) in [4.78, 5) is 0. The molecule has 0 saturated carbocycles. The third-order valence-electron chi connectivity index (χ3n) is 1.42. The zero-order chi connectivity index (χ0) is 7.72. The quantitative estimate of drug-likeness (QED) is 0.631. The number of benzene rings is 1. The second kappa shape index (κ2) is 3.09. The molecule has 0 aliphatic carbocycles. The van der Waals surface area contributed by atoms with Crippen LogP contribution in [0.15, 0.2) is 6.07 Å². The molecule has 1 aromatic rings. The first-order chi connectivity index (χ1) is 4.63. The third-order valence-corrected chi connectivity index (χ3v) is 3.12. The number of halogens is 2. The van der Waals surface area contributed by atoms with E-state index in [-0.39, 0.29) is 0 Å². The average molecular weight is 266 g/mol. The van der Waals surface area contributed by atoms with E-state index in [9.17, 15) is 0 Å².